The second-order valence-corrected chi connectivity index (χ2v) is 6.64. The van der Waals surface area contributed by atoms with Crippen LogP contribution in [0, 0.1) is 0 Å². The minimum absolute atomic E-state index is 0.0354. The maximum atomic E-state index is 6.20. The SMILES string of the molecule is c1cnc(O[C@H]2CO[C@]3(CCCN(Cc4ccncc4)C3)C2)nc1. The van der Waals surface area contributed by atoms with Crippen LogP contribution < -0.4 is 4.74 Å². The average molecular weight is 326 g/mol. The molecule has 0 aromatic carbocycles. The Bertz CT molecular complexity index is 655. The second kappa shape index (κ2) is 6.83. The van der Waals surface area contributed by atoms with Crippen molar-refractivity contribution in [3.05, 3.63) is 48.5 Å². The van der Waals surface area contributed by atoms with Gasteiger partial charge in [0.2, 0.25) is 0 Å². The van der Waals surface area contributed by atoms with Gasteiger partial charge in [-0.05, 0) is 43.1 Å². The highest BCUT2D eigenvalue weighted by Gasteiger charge is 2.44. The summed E-state index contributed by atoms with van der Waals surface area (Å²) in [5, 5.41) is 0. The third kappa shape index (κ3) is 3.55. The van der Waals surface area contributed by atoms with Gasteiger partial charge in [-0.1, -0.05) is 0 Å². The fourth-order valence-corrected chi connectivity index (χ4v) is 3.73. The smallest absolute Gasteiger partial charge is 0.316 e. The van der Waals surface area contributed by atoms with Crippen LogP contribution in [0.4, 0.5) is 0 Å². The lowest BCUT2D eigenvalue weighted by molar-refractivity contribution is -0.0538. The average Bonchev–Trinajstić information content (AvgIpc) is 2.98. The van der Waals surface area contributed by atoms with Crippen LogP contribution in [0.15, 0.2) is 43.0 Å². The van der Waals surface area contributed by atoms with E-state index in [1.165, 1.54) is 5.56 Å². The van der Waals surface area contributed by atoms with Crippen LogP contribution in [-0.2, 0) is 11.3 Å². The number of nitrogens with zero attached hydrogens (tertiary/aromatic N) is 4. The molecule has 0 bridgehead atoms. The molecule has 2 aliphatic heterocycles. The molecule has 2 fully saturated rings. The summed E-state index contributed by atoms with van der Waals surface area (Å²) in [7, 11) is 0. The van der Waals surface area contributed by atoms with E-state index in [-0.39, 0.29) is 11.7 Å². The summed E-state index contributed by atoms with van der Waals surface area (Å²) in [6, 6.07) is 6.38. The van der Waals surface area contributed by atoms with Gasteiger partial charge in [0.05, 0.1) is 12.2 Å². The van der Waals surface area contributed by atoms with Crippen molar-refractivity contribution in [1.82, 2.24) is 19.9 Å². The van der Waals surface area contributed by atoms with Crippen LogP contribution in [-0.4, -0.2) is 51.3 Å². The van der Waals surface area contributed by atoms with Gasteiger partial charge in [0, 0.05) is 44.3 Å². The van der Waals surface area contributed by atoms with E-state index in [1.807, 2.05) is 12.4 Å². The second-order valence-electron chi connectivity index (χ2n) is 6.64. The van der Waals surface area contributed by atoms with Crippen molar-refractivity contribution >= 4 is 0 Å². The molecule has 1 spiro atoms. The van der Waals surface area contributed by atoms with Gasteiger partial charge in [-0.2, -0.15) is 0 Å². The lowest BCUT2D eigenvalue weighted by Gasteiger charge is -2.39. The van der Waals surface area contributed by atoms with Crippen molar-refractivity contribution in [3.63, 3.8) is 0 Å². The number of pyridine rings is 1. The Morgan fingerprint density at radius 2 is 2.04 bits per heavy atom. The van der Waals surface area contributed by atoms with Gasteiger partial charge in [0.15, 0.2) is 0 Å². The molecule has 4 heterocycles. The van der Waals surface area contributed by atoms with E-state index in [9.17, 15) is 0 Å². The molecule has 126 valence electrons. The van der Waals surface area contributed by atoms with E-state index in [0.29, 0.717) is 12.6 Å². The quantitative estimate of drug-likeness (QED) is 0.857. The van der Waals surface area contributed by atoms with Crippen molar-refractivity contribution in [3.8, 4) is 6.01 Å². The number of hydrogen-bond acceptors (Lipinski definition) is 6. The standard InChI is InChI=1S/C18H22N4O2/c1-5-18(14-22(10-1)12-15-3-8-19-9-4-15)11-16(13-23-18)24-17-20-6-2-7-21-17/h2-4,6-9,16H,1,5,10-14H2/t16-,18-/m1/s1. The van der Waals surface area contributed by atoms with E-state index in [4.69, 9.17) is 9.47 Å². The highest BCUT2D eigenvalue weighted by atomic mass is 16.6. The molecule has 2 aromatic rings. The van der Waals surface area contributed by atoms with E-state index in [1.54, 1.807) is 18.5 Å². The summed E-state index contributed by atoms with van der Waals surface area (Å²) in [5.74, 6) is 0. The molecule has 2 aliphatic rings. The topological polar surface area (TPSA) is 60.4 Å². The van der Waals surface area contributed by atoms with Crippen molar-refractivity contribution in [2.45, 2.75) is 37.5 Å². The fraction of sp³-hybridized carbons (Fsp3) is 0.500. The van der Waals surface area contributed by atoms with E-state index >= 15 is 0 Å². The lowest BCUT2D eigenvalue weighted by atomic mass is 9.89. The summed E-state index contributed by atoms with van der Waals surface area (Å²) in [4.78, 5) is 14.8. The molecule has 0 radical (unpaired) electrons. The Labute approximate surface area is 141 Å². The van der Waals surface area contributed by atoms with Crippen LogP contribution in [0.25, 0.3) is 0 Å². The van der Waals surface area contributed by atoms with Crippen molar-refractivity contribution in [2.75, 3.05) is 19.7 Å². The Morgan fingerprint density at radius 1 is 1.21 bits per heavy atom. The summed E-state index contributed by atoms with van der Waals surface area (Å²) < 4.78 is 12.1. The molecule has 24 heavy (non-hydrogen) atoms. The molecular formula is C18H22N4O2. The minimum Gasteiger partial charge on any atom is -0.458 e. The Hall–Kier alpha value is -2.05. The summed E-state index contributed by atoms with van der Waals surface area (Å²) in [6.07, 6.45) is 10.3. The van der Waals surface area contributed by atoms with Gasteiger partial charge in [0.1, 0.15) is 6.10 Å². The van der Waals surface area contributed by atoms with E-state index < -0.39 is 0 Å². The zero-order valence-electron chi connectivity index (χ0n) is 13.7. The maximum Gasteiger partial charge on any atom is 0.316 e. The first kappa shape index (κ1) is 15.5. The van der Waals surface area contributed by atoms with Crippen molar-refractivity contribution in [1.29, 1.82) is 0 Å². The van der Waals surface area contributed by atoms with Gasteiger partial charge in [-0.15, -0.1) is 0 Å². The molecule has 0 N–H and O–H groups in total. The third-order valence-electron chi connectivity index (χ3n) is 4.76. The number of aromatic nitrogens is 3. The Balaban J connectivity index is 1.37. The molecule has 6 nitrogen and oxygen atoms in total. The zero-order valence-corrected chi connectivity index (χ0v) is 13.7. The minimum atomic E-state index is -0.0925. The highest BCUT2D eigenvalue weighted by molar-refractivity contribution is 5.10. The summed E-state index contributed by atoms with van der Waals surface area (Å²) >= 11 is 0. The van der Waals surface area contributed by atoms with Crippen molar-refractivity contribution < 1.29 is 9.47 Å². The number of likely N-dealkylation sites (tertiary alicyclic amines) is 1. The largest absolute Gasteiger partial charge is 0.458 e. The lowest BCUT2D eigenvalue weighted by Crippen LogP contribution is -2.47. The van der Waals surface area contributed by atoms with Crippen LogP contribution in [0.3, 0.4) is 0 Å². The predicted molar refractivity (Wildman–Crippen MR) is 88.5 cm³/mol. The summed E-state index contributed by atoms with van der Waals surface area (Å²) in [5.41, 5.74) is 1.20. The summed E-state index contributed by atoms with van der Waals surface area (Å²) in [6.45, 7) is 3.62. The first-order valence-electron chi connectivity index (χ1n) is 8.50. The fourth-order valence-electron chi connectivity index (χ4n) is 3.73. The maximum absolute atomic E-state index is 6.20. The normalized spacial score (nSPS) is 27.4. The molecule has 0 unspecified atom stereocenters. The number of rotatable bonds is 4. The molecule has 2 aromatic heterocycles. The Kier molecular flexibility index (Phi) is 4.40. The number of piperidine rings is 1. The molecule has 0 aliphatic carbocycles. The molecule has 6 heteroatoms. The van der Waals surface area contributed by atoms with Gasteiger partial charge in [-0.3, -0.25) is 9.88 Å². The van der Waals surface area contributed by atoms with E-state index in [2.05, 4.69) is 32.0 Å². The molecule has 0 amide bonds. The van der Waals surface area contributed by atoms with Crippen LogP contribution in [0.1, 0.15) is 24.8 Å². The molecular weight excluding hydrogens is 304 g/mol. The van der Waals surface area contributed by atoms with Crippen LogP contribution in [0.5, 0.6) is 6.01 Å². The van der Waals surface area contributed by atoms with Gasteiger partial charge >= 0.3 is 6.01 Å². The Morgan fingerprint density at radius 3 is 2.88 bits per heavy atom. The third-order valence-corrected chi connectivity index (χ3v) is 4.76. The molecule has 2 atom stereocenters. The number of ether oxygens (including phenoxy) is 2. The molecule has 0 saturated carbocycles. The first-order valence-corrected chi connectivity index (χ1v) is 8.50. The predicted octanol–water partition coefficient (Wildman–Crippen LogP) is 2.07. The molecule has 4 rings (SSSR count). The van der Waals surface area contributed by atoms with Gasteiger partial charge < -0.3 is 9.47 Å². The van der Waals surface area contributed by atoms with Gasteiger partial charge in [0.25, 0.3) is 0 Å². The number of hydrogen-bond donors (Lipinski definition) is 0. The zero-order chi connectivity index (χ0) is 16.2. The first-order chi connectivity index (χ1) is 11.8. The monoisotopic (exact) mass is 326 g/mol. The van der Waals surface area contributed by atoms with E-state index in [0.717, 1.165) is 38.9 Å². The highest BCUT2D eigenvalue weighted by Crippen LogP contribution is 2.36. The van der Waals surface area contributed by atoms with Crippen LogP contribution >= 0.6 is 0 Å². The van der Waals surface area contributed by atoms with Gasteiger partial charge in [-0.25, -0.2) is 9.97 Å². The van der Waals surface area contributed by atoms with Crippen LogP contribution in [0.2, 0.25) is 0 Å². The molecule has 2 saturated heterocycles. The van der Waals surface area contributed by atoms with Crippen molar-refractivity contribution in [2.24, 2.45) is 0 Å².